The van der Waals surface area contributed by atoms with Crippen molar-refractivity contribution >= 4 is 5.97 Å². The lowest BCUT2D eigenvalue weighted by Gasteiger charge is -2.13. The van der Waals surface area contributed by atoms with Crippen molar-refractivity contribution in [3.8, 4) is 5.75 Å². The Bertz CT molecular complexity index is 437. The van der Waals surface area contributed by atoms with Gasteiger partial charge in [-0.2, -0.15) is 0 Å². The fraction of sp³-hybridized carbons (Fsp3) is 0.500. The third-order valence-electron chi connectivity index (χ3n) is 3.41. The van der Waals surface area contributed by atoms with Crippen molar-refractivity contribution in [3.05, 3.63) is 29.3 Å². The predicted molar refractivity (Wildman–Crippen MR) is 65.6 cm³/mol. The number of aliphatic carboxylic acids is 1. The molecule has 3 heteroatoms. The second-order valence-electron chi connectivity index (χ2n) is 4.94. The Morgan fingerprint density at radius 1 is 1.47 bits per heavy atom. The molecule has 2 atom stereocenters. The predicted octanol–water partition coefficient (Wildman–Crippen LogP) is 3.01. The molecule has 1 aliphatic rings. The van der Waals surface area contributed by atoms with Crippen LogP contribution in [0.15, 0.2) is 18.2 Å². The van der Waals surface area contributed by atoms with Crippen LogP contribution >= 0.6 is 0 Å². The van der Waals surface area contributed by atoms with Crippen LogP contribution in [0.25, 0.3) is 0 Å². The van der Waals surface area contributed by atoms with Gasteiger partial charge in [0.1, 0.15) is 5.75 Å². The highest BCUT2D eigenvalue weighted by molar-refractivity contribution is 5.75. The number of carboxylic acids is 1. The molecule has 1 fully saturated rings. The van der Waals surface area contributed by atoms with Crippen LogP contribution in [-0.4, -0.2) is 18.2 Å². The minimum atomic E-state index is -0.683. The van der Waals surface area contributed by atoms with Gasteiger partial charge in [0.2, 0.25) is 0 Å². The first-order valence-electron chi connectivity index (χ1n) is 5.95. The molecule has 1 N–H and O–H groups in total. The molecule has 0 heterocycles. The van der Waals surface area contributed by atoms with E-state index in [2.05, 4.69) is 19.9 Å². The van der Waals surface area contributed by atoms with Crippen molar-refractivity contribution in [2.24, 2.45) is 5.92 Å². The molecule has 0 aromatic heterocycles. The van der Waals surface area contributed by atoms with Gasteiger partial charge in [-0.15, -0.1) is 0 Å². The average molecular weight is 234 g/mol. The number of carbonyl (C=O) groups is 1. The molecule has 3 nitrogen and oxygen atoms in total. The van der Waals surface area contributed by atoms with E-state index in [1.807, 2.05) is 12.1 Å². The number of hydrogen-bond donors (Lipinski definition) is 1. The number of rotatable bonds is 4. The molecule has 0 bridgehead atoms. The van der Waals surface area contributed by atoms with E-state index in [1.54, 1.807) is 7.11 Å². The van der Waals surface area contributed by atoms with E-state index in [4.69, 9.17) is 9.84 Å². The molecule has 2 rings (SSSR count). The van der Waals surface area contributed by atoms with Gasteiger partial charge in [-0.25, -0.2) is 0 Å². The van der Waals surface area contributed by atoms with Crippen LogP contribution < -0.4 is 4.74 Å². The maximum atomic E-state index is 10.9. The van der Waals surface area contributed by atoms with Gasteiger partial charge in [0.05, 0.1) is 13.0 Å². The molecule has 92 valence electrons. The molecule has 0 radical (unpaired) electrons. The van der Waals surface area contributed by atoms with Crippen LogP contribution in [0.1, 0.15) is 43.2 Å². The van der Waals surface area contributed by atoms with Crippen molar-refractivity contribution in [2.75, 3.05) is 7.11 Å². The Hall–Kier alpha value is -1.51. The van der Waals surface area contributed by atoms with Crippen molar-refractivity contribution < 1.29 is 14.6 Å². The van der Waals surface area contributed by atoms with E-state index in [0.29, 0.717) is 5.92 Å². The van der Waals surface area contributed by atoms with Crippen molar-refractivity contribution in [2.45, 2.75) is 32.1 Å². The lowest BCUT2D eigenvalue weighted by atomic mass is 9.97. The van der Waals surface area contributed by atoms with Crippen molar-refractivity contribution in [1.29, 1.82) is 0 Å². The number of benzene rings is 1. The summed E-state index contributed by atoms with van der Waals surface area (Å²) in [6.45, 7) is 4.23. The molecule has 1 aliphatic carbocycles. The van der Waals surface area contributed by atoms with Gasteiger partial charge in [0, 0.05) is 0 Å². The van der Waals surface area contributed by atoms with E-state index >= 15 is 0 Å². The molecule has 17 heavy (non-hydrogen) atoms. The summed E-state index contributed by atoms with van der Waals surface area (Å²) in [4.78, 5) is 10.9. The van der Waals surface area contributed by atoms with Gasteiger partial charge in [-0.1, -0.05) is 26.0 Å². The Labute approximate surface area is 101 Å². The minimum absolute atomic E-state index is 0.191. The smallest absolute Gasteiger partial charge is 0.307 e. The molecular formula is C14H18O3. The summed E-state index contributed by atoms with van der Waals surface area (Å²) in [5.41, 5.74) is 2.28. The summed E-state index contributed by atoms with van der Waals surface area (Å²) in [6.07, 6.45) is 0.763. The summed E-state index contributed by atoms with van der Waals surface area (Å²) in [5, 5.41) is 8.94. The highest BCUT2D eigenvalue weighted by Crippen LogP contribution is 2.48. The molecule has 0 amide bonds. The van der Waals surface area contributed by atoms with Gasteiger partial charge in [0.25, 0.3) is 0 Å². The standard InChI is InChI=1S/C14H18O3/c1-8(2)10-6-9(4-5-13(10)17-3)11-7-12(11)14(15)16/h4-6,8,11-12H,7H2,1-3H3,(H,15,16). The number of ether oxygens (including phenoxy) is 1. The fourth-order valence-corrected chi connectivity index (χ4v) is 2.27. The summed E-state index contributed by atoms with van der Waals surface area (Å²) < 4.78 is 5.32. The van der Waals surface area contributed by atoms with Crippen LogP contribution in [0.4, 0.5) is 0 Å². The lowest BCUT2D eigenvalue weighted by molar-refractivity contribution is -0.138. The zero-order valence-corrected chi connectivity index (χ0v) is 10.4. The number of methoxy groups -OCH3 is 1. The molecule has 0 saturated heterocycles. The van der Waals surface area contributed by atoms with E-state index in [9.17, 15) is 4.79 Å². The van der Waals surface area contributed by atoms with Crippen LogP contribution in [0.3, 0.4) is 0 Å². The second-order valence-corrected chi connectivity index (χ2v) is 4.94. The van der Waals surface area contributed by atoms with Crippen molar-refractivity contribution in [3.63, 3.8) is 0 Å². The Balaban J connectivity index is 2.26. The lowest BCUT2D eigenvalue weighted by Crippen LogP contribution is -2.00. The Kier molecular flexibility index (Phi) is 3.09. The quantitative estimate of drug-likeness (QED) is 0.871. The first kappa shape index (κ1) is 12.0. The highest BCUT2D eigenvalue weighted by atomic mass is 16.5. The molecule has 1 aromatic carbocycles. The molecular weight excluding hydrogens is 216 g/mol. The summed E-state index contributed by atoms with van der Waals surface area (Å²) in [6, 6.07) is 6.03. The molecule has 0 aliphatic heterocycles. The zero-order chi connectivity index (χ0) is 12.6. The van der Waals surface area contributed by atoms with Crippen molar-refractivity contribution in [1.82, 2.24) is 0 Å². The first-order valence-corrected chi connectivity index (χ1v) is 5.95. The van der Waals surface area contributed by atoms with E-state index < -0.39 is 5.97 Å². The highest BCUT2D eigenvalue weighted by Gasteiger charge is 2.44. The number of hydrogen-bond acceptors (Lipinski definition) is 2. The topological polar surface area (TPSA) is 46.5 Å². The molecule has 1 saturated carbocycles. The van der Waals surface area contributed by atoms with E-state index in [-0.39, 0.29) is 11.8 Å². The maximum absolute atomic E-state index is 10.9. The summed E-state index contributed by atoms with van der Waals surface area (Å²) in [5.74, 6) is 0.583. The normalized spacial score (nSPS) is 22.6. The van der Waals surface area contributed by atoms with Crippen LogP contribution in [0.2, 0.25) is 0 Å². The molecule has 0 spiro atoms. The summed E-state index contributed by atoms with van der Waals surface area (Å²) in [7, 11) is 1.66. The van der Waals surface area contributed by atoms with Gasteiger partial charge in [-0.05, 0) is 35.4 Å². The van der Waals surface area contributed by atoms with Crippen LogP contribution in [0.5, 0.6) is 5.75 Å². The van der Waals surface area contributed by atoms with Crippen LogP contribution in [-0.2, 0) is 4.79 Å². The molecule has 1 aromatic rings. The largest absolute Gasteiger partial charge is 0.496 e. The van der Waals surface area contributed by atoms with Crippen LogP contribution in [0, 0.1) is 5.92 Å². The fourth-order valence-electron chi connectivity index (χ4n) is 2.27. The zero-order valence-electron chi connectivity index (χ0n) is 10.4. The van der Waals surface area contributed by atoms with Gasteiger partial charge < -0.3 is 9.84 Å². The Morgan fingerprint density at radius 3 is 2.65 bits per heavy atom. The maximum Gasteiger partial charge on any atom is 0.307 e. The third kappa shape index (κ3) is 2.28. The number of carboxylic acid groups (broad SMARTS) is 1. The minimum Gasteiger partial charge on any atom is -0.496 e. The second kappa shape index (κ2) is 4.40. The van der Waals surface area contributed by atoms with E-state index in [0.717, 1.165) is 23.3 Å². The van der Waals surface area contributed by atoms with Gasteiger partial charge >= 0.3 is 5.97 Å². The monoisotopic (exact) mass is 234 g/mol. The van der Waals surface area contributed by atoms with Gasteiger partial charge in [-0.3, -0.25) is 4.79 Å². The SMILES string of the molecule is COc1ccc(C2CC2C(=O)O)cc1C(C)C. The average Bonchev–Trinajstić information content (AvgIpc) is 3.08. The third-order valence-corrected chi connectivity index (χ3v) is 3.41. The van der Waals surface area contributed by atoms with E-state index in [1.165, 1.54) is 0 Å². The Morgan fingerprint density at radius 2 is 2.18 bits per heavy atom. The molecule has 2 unspecified atom stereocenters. The summed E-state index contributed by atoms with van der Waals surface area (Å²) >= 11 is 0. The van der Waals surface area contributed by atoms with Gasteiger partial charge in [0.15, 0.2) is 0 Å². The first-order chi connectivity index (χ1) is 8.04.